The van der Waals surface area contributed by atoms with Crippen molar-refractivity contribution in [3.63, 3.8) is 0 Å². The van der Waals surface area contributed by atoms with Gasteiger partial charge in [-0.3, -0.25) is 4.79 Å². The number of carbonyl (C=O) groups is 2. The fourth-order valence-corrected chi connectivity index (χ4v) is 3.11. The van der Waals surface area contributed by atoms with Crippen LogP contribution in [0.25, 0.3) is 0 Å². The van der Waals surface area contributed by atoms with E-state index in [-0.39, 0.29) is 16.9 Å². The van der Waals surface area contributed by atoms with Crippen LogP contribution in [-0.4, -0.2) is 23.0 Å². The maximum absolute atomic E-state index is 12.3. The number of carbonyl (C=O) groups excluding carboxylic acids is 2. The number of aryl methyl sites for hydroxylation is 1. The Hall–Kier alpha value is -2.62. The summed E-state index contributed by atoms with van der Waals surface area (Å²) in [6.45, 7) is 13.3. The van der Waals surface area contributed by atoms with Gasteiger partial charge in [0.25, 0.3) is 0 Å². The van der Waals surface area contributed by atoms with Gasteiger partial charge in [-0.05, 0) is 47.6 Å². The molecule has 1 aromatic carbocycles. The molecule has 1 N–H and O–H groups in total. The highest BCUT2D eigenvalue weighted by molar-refractivity contribution is 6.00. The Morgan fingerprint density at radius 2 is 1.92 bits per heavy atom. The number of ketones is 1. The lowest BCUT2D eigenvalue weighted by Gasteiger charge is -2.25. The molecule has 0 aromatic heterocycles. The number of hydrogen-bond donors (Lipinski definition) is 1. The minimum atomic E-state index is -0.984. The van der Waals surface area contributed by atoms with Gasteiger partial charge in [-0.1, -0.05) is 51.1 Å². The first kappa shape index (κ1) is 19.7. The van der Waals surface area contributed by atoms with Crippen LogP contribution in [0.15, 0.2) is 48.1 Å². The van der Waals surface area contributed by atoms with E-state index in [4.69, 9.17) is 4.74 Å². The SMILES string of the molecule is C=CC(=O)OC1C(=O)C=C(C)C=C1Cc1cc(C)cc(C(C)(C)C)c1O. The smallest absolute Gasteiger partial charge is 0.331 e. The summed E-state index contributed by atoms with van der Waals surface area (Å²) in [5.74, 6) is -0.707. The molecule has 0 radical (unpaired) electrons. The summed E-state index contributed by atoms with van der Waals surface area (Å²) in [6.07, 6.45) is 3.67. The topological polar surface area (TPSA) is 63.6 Å². The molecule has 0 bridgehead atoms. The van der Waals surface area contributed by atoms with Gasteiger partial charge in [0.05, 0.1) is 0 Å². The Morgan fingerprint density at radius 3 is 2.50 bits per heavy atom. The average molecular weight is 354 g/mol. The first-order chi connectivity index (χ1) is 12.0. The van der Waals surface area contributed by atoms with Crippen molar-refractivity contribution in [1.29, 1.82) is 0 Å². The number of allylic oxidation sites excluding steroid dienone is 2. The van der Waals surface area contributed by atoms with E-state index in [1.165, 1.54) is 6.08 Å². The highest BCUT2D eigenvalue weighted by Crippen LogP contribution is 2.36. The molecule has 138 valence electrons. The molecule has 1 atom stereocenters. The average Bonchev–Trinajstić information content (AvgIpc) is 2.52. The lowest BCUT2D eigenvalue weighted by molar-refractivity contribution is -0.146. The Labute approximate surface area is 154 Å². The van der Waals surface area contributed by atoms with E-state index in [1.54, 1.807) is 0 Å². The molecule has 0 heterocycles. The van der Waals surface area contributed by atoms with Crippen molar-refractivity contribution in [2.24, 2.45) is 0 Å². The molecule has 0 saturated heterocycles. The van der Waals surface area contributed by atoms with E-state index in [2.05, 4.69) is 6.58 Å². The van der Waals surface area contributed by atoms with E-state index in [0.29, 0.717) is 17.6 Å². The number of benzene rings is 1. The van der Waals surface area contributed by atoms with Gasteiger partial charge in [-0.2, -0.15) is 0 Å². The second kappa shape index (κ2) is 7.32. The van der Waals surface area contributed by atoms with Gasteiger partial charge in [0.1, 0.15) is 5.75 Å². The van der Waals surface area contributed by atoms with Crippen molar-refractivity contribution in [3.8, 4) is 5.75 Å². The zero-order chi connectivity index (χ0) is 19.6. The third kappa shape index (κ3) is 4.31. The van der Waals surface area contributed by atoms with Crippen molar-refractivity contribution < 1.29 is 19.4 Å². The van der Waals surface area contributed by atoms with Gasteiger partial charge in [-0.15, -0.1) is 0 Å². The summed E-state index contributed by atoms with van der Waals surface area (Å²) in [6, 6.07) is 3.87. The van der Waals surface area contributed by atoms with E-state index >= 15 is 0 Å². The number of hydrogen-bond acceptors (Lipinski definition) is 4. The molecule has 0 amide bonds. The molecule has 2 rings (SSSR count). The van der Waals surface area contributed by atoms with Crippen LogP contribution in [0.1, 0.15) is 44.4 Å². The minimum absolute atomic E-state index is 0.216. The van der Waals surface area contributed by atoms with Gasteiger partial charge in [0.2, 0.25) is 5.78 Å². The number of esters is 1. The maximum Gasteiger partial charge on any atom is 0.331 e. The largest absolute Gasteiger partial charge is 0.507 e. The molecular formula is C22H26O4. The molecule has 4 nitrogen and oxygen atoms in total. The minimum Gasteiger partial charge on any atom is -0.507 e. The summed E-state index contributed by atoms with van der Waals surface area (Å²) in [5.41, 5.74) is 3.81. The maximum atomic E-state index is 12.3. The monoisotopic (exact) mass is 354 g/mol. The van der Waals surface area contributed by atoms with Crippen LogP contribution >= 0.6 is 0 Å². The molecule has 26 heavy (non-hydrogen) atoms. The molecule has 0 fully saturated rings. The second-order valence-corrected chi connectivity index (χ2v) is 7.78. The Bertz CT molecular complexity index is 819. The van der Waals surface area contributed by atoms with Crippen LogP contribution in [-0.2, 0) is 26.2 Å². The van der Waals surface area contributed by atoms with Crippen molar-refractivity contribution in [1.82, 2.24) is 0 Å². The summed E-state index contributed by atoms with van der Waals surface area (Å²) in [4.78, 5) is 24.0. The van der Waals surface area contributed by atoms with Gasteiger partial charge in [-0.25, -0.2) is 4.79 Å². The Kier molecular flexibility index (Phi) is 5.55. The van der Waals surface area contributed by atoms with E-state index in [1.807, 2.05) is 52.8 Å². The Balaban J connectivity index is 2.46. The summed E-state index contributed by atoms with van der Waals surface area (Å²) in [5, 5.41) is 10.8. The quantitative estimate of drug-likeness (QED) is 0.653. The standard InChI is InChI=1S/C22H26O4/c1-7-19(24)26-21-16(9-14(3)11-18(21)23)12-15-8-13(2)10-17(20(15)25)22(4,5)6/h7-11,21,25H,1,12H2,2-6H3. The number of phenols is 1. The Morgan fingerprint density at radius 1 is 1.27 bits per heavy atom. The summed E-state index contributed by atoms with van der Waals surface area (Å²) >= 11 is 0. The van der Waals surface area contributed by atoms with Crippen LogP contribution < -0.4 is 0 Å². The molecule has 1 aliphatic carbocycles. The van der Waals surface area contributed by atoms with Gasteiger partial charge >= 0.3 is 5.97 Å². The molecular weight excluding hydrogens is 328 g/mol. The summed E-state index contributed by atoms with van der Waals surface area (Å²) in [7, 11) is 0. The van der Waals surface area contributed by atoms with Crippen LogP contribution in [0.5, 0.6) is 5.75 Å². The van der Waals surface area contributed by atoms with Crippen LogP contribution in [0, 0.1) is 6.92 Å². The van der Waals surface area contributed by atoms with Crippen LogP contribution in [0.3, 0.4) is 0 Å². The molecule has 1 aliphatic rings. The highest BCUT2D eigenvalue weighted by Gasteiger charge is 2.29. The lowest BCUT2D eigenvalue weighted by atomic mass is 9.82. The normalized spacial score (nSPS) is 17.4. The first-order valence-corrected chi connectivity index (χ1v) is 8.61. The first-order valence-electron chi connectivity index (χ1n) is 8.61. The second-order valence-electron chi connectivity index (χ2n) is 7.78. The van der Waals surface area contributed by atoms with Crippen LogP contribution in [0.2, 0.25) is 0 Å². The number of ether oxygens (including phenoxy) is 1. The predicted molar refractivity (Wildman–Crippen MR) is 102 cm³/mol. The van der Waals surface area contributed by atoms with Crippen molar-refractivity contribution in [2.45, 2.75) is 52.6 Å². The number of aromatic hydroxyl groups is 1. The number of phenolic OH excluding ortho intramolecular Hbond substituents is 1. The van der Waals surface area contributed by atoms with Crippen molar-refractivity contribution in [2.75, 3.05) is 0 Å². The third-order valence-corrected chi connectivity index (χ3v) is 4.31. The number of rotatable bonds is 4. The molecule has 1 aromatic rings. The van der Waals surface area contributed by atoms with Crippen molar-refractivity contribution >= 4 is 11.8 Å². The molecule has 0 spiro atoms. The van der Waals surface area contributed by atoms with E-state index in [0.717, 1.165) is 22.8 Å². The highest BCUT2D eigenvalue weighted by atomic mass is 16.5. The lowest BCUT2D eigenvalue weighted by Crippen LogP contribution is -2.30. The van der Waals surface area contributed by atoms with Gasteiger partial charge in [0.15, 0.2) is 6.10 Å². The predicted octanol–water partition coefficient (Wildman–Crippen LogP) is 4.09. The van der Waals surface area contributed by atoms with Crippen LogP contribution in [0.4, 0.5) is 0 Å². The van der Waals surface area contributed by atoms with E-state index in [9.17, 15) is 14.7 Å². The molecule has 0 aliphatic heterocycles. The zero-order valence-electron chi connectivity index (χ0n) is 16.1. The molecule has 1 unspecified atom stereocenters. The fraction of sp³-hybridized carbons (Fsp3) is 0.364. The summed E-state index contributed by atoms with van der Waals surface area (Å²) < 4.78 is 5.25. The van der Waals surface area contributed by atoms with Crippen molar-refractivity contribution in [3.05, 3.63) is 64.8 Å². The molecule has 4 heteroatoms. The van der Waals surface area contributed by atoms with Gasteiger partial charge < -0.3 is 9.84 Å². The zero-order valence-corrected chi connectivity index (χ0v) is 16.1. The molecule has 0 saturated carbocycles. The fourth-order valence-electron chi connectivity index (χ4n) is 3.11. The third-order valence-electron chi connectivity index (χ3n) is 4.31. The van der Waals surface area contributed by atoms with E-state index < -0.39 is 12.1 Å². The van der Waals surface area contributed by atoms with Gasteiger partial charge in [0, 0.05) is 12.5 Å².